The Labute approximate surface area is 112 Å². The predicted octanol–water partition coefficient (Wildman–Crippen LogP) is 1.07. The molecular formula is C14H18N4O. The first-order valence-electron chi connectivity index (χ1n) is 6.19. The maximum absolute atomic E-state index is 11.4. The Morgan fingerprint density at radius 1 is 1.21 bits per heavy atom. The highest BCUT2D eigenvalue weighted by Crippen LogP contribution is 2.04. The summed E-state index contributed by atoms with van der Waals surface area (Å²) in [7, 11) is 3.53. The van der Waals surface area contributed by atoms with Crippen LogP contribution < -0.4 is 10.6 Å². The molecule has 0 saturated carbocycles. The Balaban J connectivity index is 1.84. The Bertz CT molecular complexity index is 545. The third-order valence-electron chi connectivity index (χ3n) is 2.85. The second-order valence-electron chi connectivity index (χ2n) is 4.36. The van der Waals surface area contributed by atoms with Crippen LogP contribution in [0.15, 0.2) is 36.5 Å². The van der Waals surface area contributed by atoms with Gasteiger partial charge in [-0.05, 0) is 23.8 Å². The highest BCUT2D eigenvalue weighted by atomic mass is 16.1. The average Bonchev–Trinajstić information content (AvgIpc) is 2.84. The Morgan fingerprint density at radius 2 is 1.95 bits per heavy atom. The maximum Gasteiger partial charge on any atom is 0.251 e. The Morgan fingerprint density at radius 3 is 2.53 bits per heavy atom. The standard InChI is InChI=1S/C14H18N4O/c1-15-14(19)12-5-3-11(4-6-12)9-16-10-13-7-8-18(2)17-13/h3-8,16H,9-10H2,1-2H3,(H,15,19). The van der Waals surface area contributed by atoms with Crippen molar-refractivity contribution in [1.29, 1.82) is 0 Å². The molecule has 0 fully saturated rings. The molecule has 0 radical (unpaired) electrons. The van der Waals surface area contributed by atoms with Crippen LogP contribution in [-0.2, 0) is 20.1 Å². The summed E-state index contributed by atoms with van der Waals surface area (Å²) in [6.07, 6.45) is 1.93. The summed E-state index contributed by atoms with van der Waals surface area (Å²) in [6.45, 7) is 1.49. The number of rotatable bonds is 5. The summed E-state index contributed by atoms with van der Waals surface area (Å²) in [5.41, 5.74) is 2.84. The third-order valence-corrected chi connectivity index (χ3v) is 2.85. The van der Waals surface area contributed by atoms with E-state index < -0.39 is 0 Å². The van der Waals surface area contributed by atoms with Gasteiger partial charge in [-0.25, -0.2) is 0 Å². The third kappa shape index (κ3) is 3.66. The minimum atomic E-state index is -0.0620. The molecule has 0 spiro atoms. The number of aromatic nitrogens is 2. The molecule has 19 heavy (non-hydrogen) atoms. The zero-order valence-electron chi connectivity index (χ0n) is 11.2. The summed E-state index contributed by atoms with van der Waals surface area (Å²) in [4.78, 5) is 11.4. The van der Waals surface area contributed by atoms with Gasteiger partial charge in [-0.2, -0.15) is 5.10 Å². The molecule has 2 N–H and O–H groups in total. The lowest BCUT2D eigenvalue weighted by Crippen LogP contribution is -2.18. The minimum absolute atomic E-state index is 0.0620. The smallest absolute Gasteiger partial charge is 0.251 e. The van der Waals surface area contributed by atoms with E-state index in [4.69, 9.17) is 0 Å². The van der Waals surface area contributed by atoms with Crippen molar-refractivity contribution in [2.24, 2.45) is 7.05 Å². The number of carbonyl (C=O) groups excluding carboxylic acids is 1. The fourth-order valence-corrected chi connectivity index (χ4v) is 1.81. The number of carbonyl (C=O) groups is 1. The molecule has 0 bridgehead atoms. The molecule has 0 aliphatic rings. The van der Waals surface area contributed by atoms with Crippen molar-refractivity contribution in [3.63, 3.8) is 0 Å². The van der Waals surface area contributed by atoms with Crippen molar-refractivity contribution >= 4 is 5.91 Å². The molecule has 0 atom stereocenters. The summed E-state index contributed by atoms with van der Waals surface area (Å²) >= 11 is 0. The number of benzene rings is 1. The van der Waals surface area contributed by atoms with Crippen molar-refractivity contribution in [2.45, 2.75) is 13.1 Å². The van der Waals surface area contributed by atoms with Crippen LogP contribution >= 0.6 is 0 Å². The van der Waals surface area contributed by atoms with Crippen molar-refractivity contribution in [2.75, 3.05) is 7.05 Å². The van der Waals surface area contributed by atoms with Crippen LogP contribution in [-0.4, -0.2) is 22.7 Å². The van der Waals surface area contributed by atoms with E-state index in [0.717, 1.165) is 24.3 Å². The molecule has 5 heteroatoms. The first-order valence-corrected chi connectivity index (χ1v) is 6.19. The van der Waals surface area contributed by atoms with E-state index in [1.165, 1.54) is 0 Å². The molecule has 100 valence electrons. The van der Waals surface area contributed by atoms with Gasteiger partial charge in [0.2, 0.25) is 0 Å². The Hall–Kier alpha value is -2.14. The van der Waals surface area contributed by atoms with Crippen LogP contribution in [0.3, 0.4) is 0 Å². The lowest BCUT2D eigenvalue weighted by atomic mass is 10.1. The van der Waals surface area contributed by atoms with Crippen molar-refractivity contribution < 1.29 is 4.79 Å². The van der Waals surface area contributed by atoms with Crippen LogP contribution in [0, 0.1) is 0 Å². The average molecular weight is 258 g/mol. The highest BCUT2D eigenvalue weighted by Gasteiger charge is 2.02. The van der Waals surface area contributed by atoms with Crippen molar-refractivity contribution in [3.05, 3.63) is 53.3 Å². The molecule has 1 heterocycles. The van der Waals surface area contributed by atoms with Gasteiger partial charge in [0.25, 0.3) is 5.91 Å². The SMILES string of the molecule is CNC(=O)c1ccc(CNCc2ccn(C)n2)cc1. The molecule has 1 aromatic carbocycles. The minimum Gasteiger partial charge on any atom is -0.355 e. The first kappa shape index (κ1) is 13.3. The molecule has 1 aromatic heterocycles. The van der Waals surface area contributed by atoms with E-state index in [-0.39, 0.29) is 5.91 Å². The number of nitrogens with one attached hydrogen (secondary N) is 2. The molecule has 2 aromatic rings. The molecule has 2 rings (SSSR count). The fourth-order valence-electron chi connectivity index (χ4n) is 1.81. The van der Waals surface area contributed by atoms with E-state index in [0.29, 0.717) is 5.56 Å². The summed E-state index contributed by atoms with van der Waals surface area (Å²) in [5.74, 6) is -0.0620. The van der Waals surface area contributed by atoms with Crippen LogP contribution in [0.5, 0.6) is 0 Å². The highest BCUT2D eigenvalue weighted by molar-refractivity contribution is 5.93. The van der Waals surface area contributed by atoms with E-state index >= 15 is 0 Å². The lowest BCUT2D eigenvalue weighted by molar-refractivity contribution is 0.0963. The number of hydrogen-bond donors (Lipinski definition) is 2. The summed E-state index contributed by atoms with van der Waals surface area (Å²) < 4.78 is 1.79. The van der Waals surface area contributed by atoms with Crippen LogP contribution in [0.1, 0.15) is 21.6 Å². The molecule has 0 aliphatic carbocycles. The van der Waals surface area contributed by atoms with Gasteiger partial charge >= 0.3 is 0 Å². The topological polar surface area (TPSA) is 59.0 Å². The van der Waals surface area contributed by atoms with Crippen molar-refractivity contribution in [3.8, 4) is 0 Å². The summed E-state index contributed by atoms with van der Waals surface area (Å²) in [6, 6.07) is 9.56. The quantitative estimate of drug-likeness (QED) is 0.843. The van der Waals surface area contributed by atoms with Crippen molar-refractivity contribution in [1.82, 2.24) is 20.4 Å². The van der Waals surface area contributed by atoms with Gasteiger partial charge < -0.3 is 10.6 Å². The van der Waals surface area contributed by atoms with E-state index in [9.17, 15) is 4.79 Å². The number of aryl methyl sites for hydroxylation is 1. The van der Waals surface area contributed by atoms with E-state index in [1.807, 2.05) is 43.6 Å². The van der Waals surface area contributed by atoms with Gasteiger partial charge in [0.1, 0.15) is 0 Å². The Kier molecular flexibility index (Phi) is 4.30. The van der Waals surface area contributed by atoms with Crippen LogP contribution in [0.2, 0.25) is 0 Å². The van der Waals surface area contributed by atoms with E-state index in [1.54, 1.807) is 11.7 Å². The molecule has 0 saturated heterocycles. The molecule has 0 aliphatic heterocycles. The number of nitrogens with zero attached hydrogens (tertiary/aromatic N) is 2. The second-order valence-corrected chi connectivity index (χ2v) is 4.36. The van der Waals surface area contributed by atoms with Gasteiger partial charge in [0, 0.05) is 38.9 Å². The van der Waals surface area contributed by atoms with E-state index in [2.05, 4.69) is 15.7 Å². The van der Waals surface area contributed by atoms with Crippen LogP contribution in [0.4, 0.5) is 0 Å². The van der Waals surface area contributed by atoms with Gasteiger partial charge in [-0.15, -0.1) is 0 Å². The van der Waals surface area contributed by atoms with Gasteiger partial charge in [-0.1, -0.05) is 12.1 Å². The molecule has 5 nitrogen and oxygen atoms in total. The second kappa shape index (κ2) is 6.15. The monoisotopic (exact) mass is 258 g/mol. The zero-order chi connectivity index (χ0) is 13.7. The predicted molar refractivity (Wildman–Crippen MR) is 73.6 cm³/mol. The van der Waals surface area contributed by atoms with Crippen LogP contribution in [0.25, 0.3) is 0 Å². The first-order chi connectivity index (χ1) is 9.19. The lowest BCUT2D eigenvalue weighted by Gasteiger charge is -2.04. The zero-order valence-corrected chi connectivity index (χ0v) is 11.2. The molecule has 0 unspecified atom stereocenters. The fraction of sp³-hybridized carbons (Fsp3) is 0.286. The largest absolute Gasteiger partial charge is 0.355 e. The van der Waals surface area contributed by atoms with Gasteiger partial charge in [0.15, 0.2) is 0 Å². The maximum atomic E-state index is 11.4. The molecular weight excluding hydrogens is 240 g/mol. The normalized spacial score (nSPS) is 10.4. The molecule has 1 amide bonds. The summed E-state index contributed by atoms with van der Waals surface area (Å²) in [5, 5.41) is 10.2. The number of amides is 1. The number of hydrogen-bond acceptors (Lipinski definition) is 3. The van der Waals surface area contributed by atoms with Gasteiger partial charge in [0.05, 0.1) is 5.69 Å². The van der Waals surface area contributed by atoms with Gasteiger partial charge in [-0.3, -0.25) is 9.48 Å².